The van der Waals surface area contributed by atoms with Gasteiger partial charge >= 0.3 is 0 Å². The van der Waals surface area contributed by atoms with Crippen molar-refractivity contribution in [2.75, 3.05) is 13.2 Å². The smallest absolute Gasteiger partial charge is 0.240 e. The summed E-state index contributed by atoms with van der Waals surface area (Å²) in [6.07, 6.45) is 3.61. The fourth-order valence-corrected chi connectivity index (χ4v) is 3.65. The lowest BCUT2D eigenvalue weighted by molar-refractivity contribution is 0.251. The first kappa shape index (κ1) is 12.9. The highest BCUT2D eigenvalue weighted by atomic mass is 32.2. The fraction of sp³-hybridized carbons (Fsp3) is 0.538. The predicted molar refractivity (Wildman–Crippen MR) is 71.6 cm³/mol. The summed E-state index contributed by atoms with van der Waals surface area (Å²) in [5, 5.41) is 0. The van der Waals surface area contributed by atoms with Crippen LogP contribution in [0, 0.1) is 0 Å². The second kappa shape index (κ2) is 4.47. The van der Waals surface area contributed by atoms with Gasteiger partial charge in [-0.2, -0.15) is 0 Å². The number of benzene rings is 1. The van der Waals surface area contributed by atoms with Crippen molar-refractivity contribution in [2.24, 2.45) is 5.73 Å². The monoisotopic (exact) mass is 282 g/mol. The lowest BCUT2D eigenvalue weighted by atomic mass is 9.78. The van der Waals surface area contributed by atoms with Crippen molar-refractivity contribution in [3.63, 3.8) is 0 Å². The van der Waals surface area contributed by atoms with E-state index in [1.54, 1.807) is 18.2 Å². The van der Waals surface area contributed by atoms with Gasteiger partial charge in [0.25, 0.3) is 0 Å². The minimum Gasteiger partial charge on any atom is -0.493 e. The second-order valence-electron chi connectivity index (χ2n) is 5.41. The highest BCUT2D eigenvalue weighted by Gasteiger charge is 2.33. The van der Waals surface area contributed by atoms with Crippen LogP contribution in [0.2, 0.25) is 0 Å². The summed E-state index contributed by atoms with van der Waals surface area (Å²) in [6.45, 7) is 0.932. The largest absolute Gasteiger partial charge is 0.493 e. The lowest BCUT2D eigenvalue weighted by Crippen LogP contribution is -2.54. The molecule has 1 aromatic carbocycles. The first-order chi connectivity index (χ1) is 8.99. The van der Waals surface area contributed by atoms with E-state index < -0.39 is 10.0 Å². The average molecular weight is 282 g/mol. The van der Waals surface area contributed by atoms with Crippen LogP contribution in [0.1, 0.15) is 24.8 Å². The normalized spacial score (nSPS) is 20.5. The van der Waals surface area contributed by atoms with Gasteiger partial charge in [-0.3, -0.25) is 0 Å². The van der Waals surface area contributed by atoms with E-state index in [1.807, 2.05) is 0 Å². The number of nitrogens with one attached hydrogen (secondary N) is 1. The van der Waals surface area contributed by atoms with Crippen LogP contribution < -0.4 is 15.2 Å². The molecule has 0 aromatic heterocycles. The zero-order valence-corrected chi connectivity index (χ0v) is 11.5. The highest BCUT2D eigenvalue weighted by Crippen LogP contribution is 2.30. The molecule has 1 heterocycles. The number of sulfonamides is 1. The summed E-state index contributed by atoms with van der Waals surface area (Å²) in [5.41, 5.74) is 6.63. The van der Waals surface area contributed by atoms with Crippen LogP contribution in [-0.4, -0.2) is 27.1 Å². The van der Waals surface area contributed by atoms with Crippen LogP contribution in [-0.2, 0) is 16.4 Å². The van der Waals surface area contributed by atoms with E-state index in [0.717, 1.165) is 37.0 Å². The Kier molecular flexibility index (Phi) is 3.03. The van der Waals surface area contributed by atoms with Crippen LogP contribution >= 0.6 is 0 Å². The molecule has 0 unspecified atom stereocenters. The van der Waals surface area contributed by atoms with Crippen molar-refractivity contribution < 1.29 is 13.2 Å². The second-order valence-corrected chi connectivity index (χ2v) is 7.18. The van der Waals surface area contributed by atoms with E-state index in [-0.39, 0.29) is 5.54 Å². The summed E-state index contributed by atoms with van der Waals surface area (Å²) < 4.78 is 32.4. The average Bonchev–Trinajstić information content (AvgIpc) is 2.81. The molecule has 1 aliphatic carbocycles. The van der Waals surface area contributed by atoms with Gasteiger partial charge in [0.2, 0.25) is 10.0 Å². The summed E-state index contributed by atoms with van der Waals surface area (Å²) >= 11 is 0. The Balaban J connectivity index is 1.76. The molecular weight excluding hydrogens is 264 g/mol. The van der Waals surface area contributed by atoms with E-state index in [9.17, 15) is 8.42 Å². The fourth-order valence-electron chi connectivity index (χ4n) is 2.46. The molecule has 1 fully saturated rings. The summed E-state index contributed by atoms with van der Waals surface area (Å²) in [7, 11) is -3.48. The van der Waals surface area contributed by atoms with Gasteiger partial charge in [0.05, 0.1) is 11.5 Å². The number of hydrogen-bond acceptors (Lipinski definition) is 4. The minimum absolute atomic E-state index is 0.291. The van der Waals surface area contributed by atoms with Gasteiger partial charge in [-0.25, -0.2) is 13.1 Å². The molecule has 104 valence electrons. The first-order valence-corrected chi connectivity index (χ1v) is 8.01. The Labute approximate surface area is 113 Å². The highest BCUT2D eigenvalue weighted by molar-refractivity contribution is 7.89. The van der Waals surface area contributed by atoms with Crippen molar-refractivity contribution in [2.45, 2.75) is 36.1 Å². The molecule has 0 saturated heterocycles. The molecule has 19 heavy (non-hydrogen) atoms. The van der Waals surface area contributed by atoms with Gasteiger partial charge in [-0.05, 0) is 43.0 Å². The molecule has 0 radical (unpaired) electrons. The quantitative estimate of drug-likeness (QED) is 0.855. The lowest BCUT2D eigenvalue weighted by Gasteiger charge is -2.38. The number of hydrogen-bond donors (Lipinski definition) is 2. The van der Waals surface area contributed by atoms with E-state index in [4.69, 9.17) is 10.5 Å². The van der Waals surface area contributed by atoms with Crippen LogP contribution in [0.3, 0.4) is 0 Å². The summed E-state index contributed by atoms with van der Waals surface area (Å²) in [4.78, 5) is 0.291. The minimum atomic E-state index is -3.48. The Morgan fingerprint density at radius 3 is 2.84 bits per heavy atom. The van der Waals surface area contributed by atoms with Gasteiger partial charge in [-0.1, -0.05) is 0 Å². The zero-order valence-electron chi connectivity index (χ0n) is 10.7. The molecule has 0 amide bonds. The zero-order chi connectivity index (χ0) is 13.5. The predicted octanol–water partition coefficient (Wildman–Crippen LogP) is 0.781. The van der Waals surface area contributed by atoms with E-state index in [0.29, 0.717) is 18.0 Å². The van der Waals surface area contributed by atoms with Gasteiger partial charge in [0.15, 0.2) is 0 Å². The molecule has 1 aliphatic heterocycles. The Hall–Kier alpha value is -1.11. The Bertz CT molecular complexity index is 594. The van der Waals surface area contributed by atoms with Crippen molar-refractivity contribution in [1.29, 1.82) is 0 Å². The SMILES string of the molecule is NC1(CNS(=O)(=O)c2ccc3c(c2)CCO3)CCC1. The molecule has 2 aliphatic rings. The third-order valence-electron chi connectivity index (χ3n) is 3.93. The summed E-state index contributed by atoms with van der Waals surface area (Å²) in [6, 6.07) is 4.99. The van der Waals surface area contributed by atoms with Crippen LogP contribution in [0.25, 0.3) is 0 Å². The third-order valence-corrected chi connectivity index (χ3v) is 5.33. The topological polar surface area (TPSA) is 81.4 Å². The van der Waals surface area contributed by atoms with Gasteiger partial charge in [0.1, 0.15) is 5.75 Å². The number of rotatable bonds is 4. The third kappa shape index (κ3) is 2.48. The maximum absolute atomic E-state index is 12.2. The molecule has 6 heteroatoms. The molecule has 0 spiro atoms. The number of fused-ring (bicyclic) bond motifs is 1. The van der Waals surface area contributed by atoms with Gasteiger partial charge < -0.3 is 10.5 Å². The molecule has 1 aromatic rings. The molecular formula is C13H18N2O3S. The van der Waals surface area contributed by atoms with Crippen molar-refractivity contribution >= 4 is 10.0 Å². The molecule has 1 saturated carbocycles. The first-order valence-electron chi connectivity index (χ1n) is 6.53. The molecule has 0 atom stereocenters. The molecule has 3 rings (SSSR count). The van der Waals surface area contributed by atoms with Gasteiger partial charge in [0, 0.05) is 18.5 Å². The number of ether oxygens (including phenoxy) is 1. The van der Waals surface area contributed by atoms with Crippen LogP contribution in [0.5, 0.6) is 5.75 Å². The Morgan fingerprint density at radius 2 is 2.16 bits per heavy atom. The molecule has 5 nitrogen and oxygen atoms in total. The van der Waals surface area contributed by atoms with Crippen molar-refractivity contribution in [1.82, 2.24) is 4.72 Å². The summed E-state index contributed by atoms with van der Waals surface area (Å²) in [5.74, 6) is 0.785. The van der Waals surface area contributed by atoms with Crippen molar-refractivity contribution in [3.05, 3.63) is 23.8 Å². The maximum atomic E-state index is 12.2. The van der Waals surface area contributed by atoms with Crippen LogP contribution in [0.4, 0.5) is 0 Å². The number of nitrogens with two attached hydrogens (primary N) is 1. The van der Waals surface area contributed by atoms with Gasteiger partial charge in [-0.15, -0.1) is 0 Å². The molecule has 3 N–H and O–H groups in total. The van der Waals surface area contributed by atoms with Crippen molar-refractivity contribution in [3.8, 4) is 5.75 Å². The van der Waals surface area contributed by atoms with E-state index in [2.05, 4.69) is 4.72 Å². The molecule has 0 bridgehead atoms. The van der Waals surface area contributed by atoms with E-state index in [1.165, 1.54) is 0 Å². The Morgan fingerprint density at radius 1 is 1.37 bits per heavy atom. The standard InChI is InChI=1S/C13H18N2O3S/c14-13(5-1-6-13)9-15-19(16,17)11-2-3-12-10(8-11)4-7-18-12/h2-3,8,15H,1,4-7,9,14H2. The maximum Gasteiger partial charge on any atom is 0.240 e. The van der Waals surface area contributed by atoms with Crippen LogP contribution in [0.15, 0.2) is 23.1 Å². The van der Waals surface area contributed by atoms with E-state index >= 15 is 0 Å².